The first kappa shape index (κ1) is 18.8. The van der Waals surface area contributed by atoms with Crippen molar-refractivity contribution in [3.05, 3.63) is 58.3 Å². The van der Waals surface area contributed by atoms with Gasteiger partial charge in [0, 0.05) is 11.1 Å². The molecule has 150 valence electrons. The fourth-order valence-electron chi connectivity index (χ4n) is 4.90. The lowest BCUT2D eigenvalue weighted by molar-refractivity contribution is 0.163. The highest BCUT2D eigenvalue weighted by molar-refractivity contribution is 6.35. The van der Waals surface area contributed by atoms with Gasteiger partial charge in [0.2, 0.25) is 0 Å². The van der Waals surface area contributed by atoms with Crippen molar-refractivity contribution >= 4 is 46.0 Å². The molecule has 1 saturated heterocycles. The SMILES string of the molecule is O=C(Nc1cc(Cl)ccc1Cl)N1C(c2nc3ccccc3[nH]2)CC2CCCCC21. The van der Waals surface area contributed by atoms with Gasteiger partial charge in [-0.25, -0.2) is 9.78 Å². The highest BCUT2D eigenvalue weighted by atomic mass is 35.5. The molecular formula is C22H22Cl2N4O. The number of H-pyrrole nitrogens is 1. The van der Waals surface area contributed by atoms with Crippen LogP contribution >= 0.6 is 23.2 Å². The molecule has 0 bridgehead atoms. The van der Waals surface area contributed by atoms with Crippen LogP contribution in [-0.4, -0.2) is 26.9 Å². The first-order chi connectivity index (χ1) is 14.1. The zero-order valence-corrected chi connectivity index (χ0v) is 17.4. The lowest BCUT2D eigenvalue weighted by Gasteiger charge is -2.33. The number of carbonyl (C=O) groups excluding carboxylic acids is 1. The number of hydrogen-bond acceptors (Lipinski definition) is 2. The van der Waals surface area contributed by atoms with Gasteiger partial charge in [-0.15, -0.1) is 0 Å². The number of imidazole rings is 1. The molecule has 2 aromatic carbocycles. The number of anilines is 1. The number of aromatic amines is 1. The van der Waals surface area contributed by atoms with Gasteiger partial charge >= 0.3 is 6.03 Å². The van der Waals surface area contributed by atoms with Crippen LogP contribution in [0.3, 0.4) is 0 Å². The van der Waals surface area contributed by atoms with Crippen LogP contribution in [-0.2, 0) is 0 Å². The number of aromatic nitrogens is 2. The van der Waals surface area contributed by atoms with Crippen molar-refractivity contribution in [2.45, 2.75) is 44.2 Å². The topological polar surface area (TPSA) is 61.0 Å². The first-order valence-corrected chi connectivity index (χ1v) is 10.8. The lowest BCUT2D eigenvalue weighted by atomic mass is 9.85. The minimum Gasteiger partial charge on any atom is -0.340 e. The molecule has 1 aliphatic carbocycles. The zero-order chi connectivity index (χ0) is 20.0. The third-order valence-electron chi connectivity index (χ3n) is 6.22. The molecule has 1 saturated carbocycles. The third kappa shape index (κ3) is 3.47. The fourth-order valence-corrected chi connectivity index (χ4v) is 5.24. The van der Waals surface area contributed by atoms with Gasteiger partial charge in [-0.3, -0.25) is 0 Å². The average molecular weight is 429 g/mol. The Morgan fingerprint density at radius 3 is 2.83 bits per heavy atom. The second kappa shape index (κ2) is 7.54. The molecule has 3 unspecified atom stereocenters. The molecule has 2 amide bonds. The van der Waals surface area contributed by atoms with Gasteiger partial charge in [-0.05, 0) is 55.5 Å². The normalized spacial score (nSPS) is 23.9. The highest BCUT2D eigenvalue weighted by Crippen LogP contribution is 2.46. The summed E-state index contributed by atoms with van der Waals surface area (Å²) in [6.07, 6.45) is 5.49. The van der Waals surface area contributed by atoms with Crippen LogP contribution < -0.4 is 5.32 Å². The summed E-state index contributed by atoms with van der Waals surface area (Å²) in [6.45, 7) is 0. The molecule has 29 heavy (non-hydrogen) atoms. The fraction of sp³-hybridized carbons (Fsp3) is 0.364. The van der Waals surface area contributed by atoms with Crippen molar-refractivity contribution < 1.29 is 4.79 Å². The summed E-state index contributed by atoms with van der Waals surface area (Å²) in [5.74, 6) is 1.36. The minimum atomic E-state index is -0.144. The summed E-state index contributed by atoms with van der Waals surface area (Å²) in [6, 6.07) is 13.1. The molecule has 2 fully saturated rings. The molecular weight excluding hydrogens is 407 g/mol. The van der Waals surface area contributed by atoms with Gasteiger partial charge in [0.25, 0.3) is 0 Å². The Hall–Kier alpha value is -2.24. The van der Waals surface area contributed by atoms with Crippen LogP contribution in [0.5, 0.6) is 0 Å². The number of halogens is 2. The van der Waals surface area contributed by atoms with E-state index in [9.17, 15) is 4.79 Å². The van der Waals surface area contributed by atoms with E-state index >= 15 is 0 Å². The number of hydrogen-bond donors (Lipinski definition) is 2. The molecule has 1 aliphatic heterocycles. The van der Waals surface area contributed by atoms with E-state index in [1.165, 1.54) is 6.42 Å². The second-order valence-electron chi connectivity index (χ2n) is 7.96. The number of rotatable bonds is 2. The number of amides is 2. The quantitative estimate of drug-likeness (QED) is 0.495. The molecule has 7 heteroatoms. The maximum Gasteiger partial charge on any atom is 0.322 e. The highest BCUT2D eigenvalue weighted by Gasteiger charge is 2.46. The number of para-hydroxylation sites is 2. The van der Waals surface area contributed by atoms with Crippen molar-refractivity contribution in [3.63, 3.8) is 0 Å². The van der Waals surface area contributed by atoms with Crippen LogP contribution in [0.4, 0.5) is 10.5 Å². The standard InChI is InChI=1S/C22H22Cl2N4O/c23-14-9-10-15(24)18(12-14)27-22(29)28-19-8-4-1-5-13(19)11-20(28)21-25-16-6-2-3-7-17(16)26-21/h2-3,6-7,9-10,12-13,19-20H,1,4-5,8,11H2,(H,25,26)(H,27,29). The smallest absolute Gasteiger partial charge is 0.322 e. The maximum absolute atomic E-state index is 13.4. The summed E-state index contributed by atoms with van der Waals surface area (Å²) in [4.78, 5) is 23.6. The summed E-state index contributed by atoms with van der Waals surface area (Å²) in [5.41, 5.74) is 2.46. The zero-order valence-electron chi connectivity index (χ0n) is 15.9. The molecule has 1 aromatic heterocycles. The number of benzene rings is 2. The van der Waals surface area contributed by atoms with E-state index in [4.69, 9.17) is 28.2 Å². The van der Waals surface area contributed by atoms with Crippen LogP contribution in [0.2, 0.25) is 10.0 Å². The largest absolute Gasteiger partial charge is 0.340 e. The van der Waals surface area contributed by atoms with E-state index in [1.807, 2.05) is 29.2 Å². The number of nitrogens with zero attached hydrogens (tertiary/aromatic N) is 2. The summed E-state index contributed by atoms with van der Waals surface area (Å²) >= 11 is 12.4. The van der Waals surface area contributed by atoms with E-state index in [1.54, 1.807) is 18.2 Å². The van der Waals surface area contributed by atoms with Gasteiger partial charge in [0.15, 0.2) is 0 Å². The molecule has 3 aromatic rings. The van der Waals surface area contributed by atoms with Crippen molar-refractivity contribution in [1.82, 2.24) is 14.9 Å². The predicted molar refractivity (Wildman–Crippen MR) is 117 cm³/mol. The number of fused-ring (bicyclic) bond motifs is 2. The van der Waals surface area contributed by atoms with Gasteiger partial charge in [0.1, 0.15) is 5.82 Å². The van der Waals surface area contributed by atoms with Crippen molar-refractivity contribution in [1.29, 1.82) is 0 Å². The Kier molecular flexibility index (Phi) is 4.88. The van der Waals surface area contributed by atoms with Crippen molar-refractivity contribution in [2.24, 2.45) is 5.92 Å². The summed E-state index contributed by atoms with van der Waals surface area (Å²) in [7, 11) is 0. The molecule has 0 radical (unpaired) electrons. The first-order valence-electron chi connectivity index (χ1n) is 10.1. The number of nitrogens with one attached hydrogen (secondary N) is 2. The van der Waals surface area contributed by atoms with Gasteiger partial charge in [0.05, 0.1) is 27.8 Å². The maximum atomic E-state index is 13.4. The third-order valence-corrected chi connectivity index (χ3v) is 6.78. The number of carbonyl (C=O) groups is 1. The van der Waals surface area contributed by atoms with Crippen LogP contribution in [0.25, 0.3) is 11.0 Å². The molecule has 5 nitrogen and oxygen atoms in total. The molecule has 2 aliphatic rings. The van der Waals surface area contributed by atoms with E-state index in [0.29, 0.717) is 21.7 Å². The van der Waals surface area contributed by atoms with E-state index in [2.05, 4.69) is 10.3 Å². The Morgan fingerprint density at radius 1 is 1.14 bits per heavy atom. The van der Waals surface area contributed by atoms with E-state index in [-0.39, 0.29) is 18.1 Å². The summed E-state index contributed by atoms with van der Waals surface area (Å²) in [5, 5.41) is 4.00. The number of likely N-dealkylation sites (tertiary alicyclic amines) is 1. The van der Waals surface area contributed by atoms with Crippen LogP contribution in [0.15, 0.2) is 42.5 Å². The molecule has 2 N–H and O–H groups in total. The molecule has 3 atom stereocenters. The Balaban J connectivity index is 1.49. The minimum absolute atomic E-state index is 0.0755. The van der Waals surface area contributed by atoms with Crippen LogP contribution in [0.1, 0.15) is 44.0 Å². The summed E-state index contributed by atoms with van der Waals surface area (Å²) < 4.78 is 0. The Morgan fingerprint density at radius 2 is 1.97 bits per heavy atom. The molecule has 2 heterocycles. The number of urea groups is 1. The van der Waals surface area contributed by atoms with Crippen molar-refractivity contribution in [3.8, 4) is 0 Å². The Labute approximate surface area is 179 Å². The van der Waals surface area contributed by atoms with E-state index in [0.717, 1.165) is 42.5 Å². The second-order valence-corrected chi connectivity index (χ2v) is 8.81. The van der Waals surface area contributed by atoms with Crippen molar-refractivity contribution in [2.75, 3.05) is 5.32 Å². The van der Waals surface area contributed by atoms with E-state index < -0.39 is 0 Å². The molecule has 0 spiro atoms. The lowest BCUT2D eigenvalue weighted by Crippen LogP contribution is -2.43. The average Bonchev–Trinajstić information content (AvgIpc) is 3.32. The molecule has 5 rings (SSSR count). The van der Waals surface area contributed by atoms with Gasteiger partial charge in [-0.2, -0.15) is 0 Å². The Bertz CT molecular complexity index is 1030. The predicted octanol–water partition coefficient (Wildman–Crippen LogP) is 6.41. The monoisotopic (exact) mass is 428 g/mol. The van der Waals surface area contributed by atoms with Gasteiger partial charge in [-0.1, -0.05) is 48.2 Å². The van der Waals surface area contributed by atoms with Gasteiger partial charge < -0.3 is 15.2 Å². The van der Waals surface area contributed by atoms with Crippen LogP contribution in [0, 0.1) is 5.92 Å².